The highest BCUT2D eigenvalue weighted by Gasteiger charge is 2.11. The molecule has 4 aromatic rings. The van der Waals surface area contributed by atoms with Crippen LogP contribution in [-0.4, -0.2) is 22.3 Å². The van der Waals surface area contributed by atoms with Crippen LogP contribution >= 0.6 is 0 Å². The SMILES string of the molecule is O=C(NN=Cc1ccc(OCc2ccccc2)cc1)c1cc(-c2ccco2)[nH]n1. The molecule has 0 aliphatic carbocycles. The molecule has 0 radical (unpaired) electrons. The van der Waals surface area contributed by atoms with Crippen LogP contribution in [0.3, 0.4) is 0 Å². The molecule has 0 unspecified atom stereocenters. The number of amides is 1. The molecule has 1 amide bonds. The Morgan fingerprint density at radius 2 is 1.93 bits per heavy atom. The molecule has 0 bridgehead atoms. The molecule has 0 fully saturated rings. The van der Waals surface area contributed by atoms with Gasteiger partial charge in [0, 0.05) is 6.07 Å². The molecule has 2 heterocycles. The number of hydrogen-bond donors (Lipinski definition) is 2. The maximum absolute atomic E-state index is 12.1. The molecule has 4 rings (SSSR count). The van der Waals surface area contributed by atoms with E-state index in [2.05, 4.69) is 20.7 Å². The molecule has 7 heteroatoms. The van der Waals surface area contributed by atoms with Crippen molar-refractivity contribution in [3.8, 4) is 17.2 Å². The van der Waals surface area contributed by atoms with Gasteiger partial charge in [-0.2, -0.15) is 10.2 Å². The van der Waals surface area contributed by atoms with Gasteiger partial charge in [-0.15, -0.1) is 0 Å². The van der Waals surface area contributed by atoms with Crippen LogP contribution in [0.15, 0.2) is 88.6 Å². The number of nitrogens with zero attached hydrogens (tertiary/aromatic N) is 2. The monoisotopic (exact) mass is 386 g/mol. The molecule has 2 aromatic carbocycles. The second-order valence-corrected chi connectivity index (χ2v) is 6.19. The van der Waals surface area contributed by atoms with Crippen LogP contribution in [0, 0.1) is 0 Å². The molecule has 2 N–H and O–H groups in total. The third kappa shape index (κ3) is 4.78. The molecule has 0 aliphatic heterocycles. The summed E-state index contributed by atoms with van der Waals surface area (Å²) in [5, 5.41) is 10.7. The van der Waals surface area contributed by atoms with E-state index in [9.17, 15) is 4.79 Å². The molecule has 0 saturated heterocycles. The topological polar surface area (TPSA) is 92.5 Å². The number of aromatic nitrogens is 2. The molecule has 0 aliphatic rings. The van der Waals surface area contributed by atoms with Crippen LogP contribution in [0.1, 0.15) is 21.6 Å². The molecule has 29 heavy (non-hydrogen) atoms. The third-order valence-corrected chi connectivity index (χ3v) is 4.11. The molecular formula is C22H18N4O3. The molecule has 2 aromatic heterocycles. The van der Waals surface area contributed by atoms with E-state index < -0.39 is 5.91 Å². The van der Waals surface area contributed by atoms with Crippen molar-refractivity contribution in [2.24, 2.45) is 5.10 Å². The van der Waals surface area contributed by atoms with Crippen molar-refractivity contribution in [2.45, 2.75) is 6.61 Å². The summed E-state index contributed by atoms with van der Waals surface area (Å²) in [4.78, 5) is 12.1. The number of benzene rings is 2. The number of hydrazone groups is 1. The Kier molecular flexibility index (Phi) is 5.48. The predicted octanol–water partition coefficient (Wildman–Crippen LogP) is 4.01. The number of rotatable bonds is 7. The van der Waals surface area contributed by atoms with Gasteiger partial charge >= 0.3 is 0 Å². The zero-order valence-corrected chi connectivity index (χ0v) is 15.4. The maximum atomic E-state index is 12.1. The van der Waals surface area contributed by atoms with Crippen LogP contribution in [0.4, 0.5) is 0 Å². The second-order valence-electron chi connectivity index (χ2n) is 6.19. The average Bonchev–Trinajstić information content (AvgIpc) is 3.46. The van der Waals surface area contributed by atoms with E-state index in [0.29, 0.717) is 18.1 Å². The van der Waals surface area contributed by atoms with Crippen LogP contribution < -0.4 is 10.2 Å². The van der Waals surface area contributed by atoms with E-state index in [4.69, 9.17) is 9.15 Å². The van der Waals surface area contributed by atoms with Gasteiger partial charge in [0.1, 0.15) is 18.1 Å². The van der Waals surface area contributed by atoms with E-state index in [-0.39, 0.29) is 5.69 Å². The highest BCUT2D eigenvalue weighted by molar-refractivity contribution is 5.94. The van der Waals surface area contributed by atoms with Crippen molar-refractivity contribution in [1.29, 1.82) is 0 Å². The fourth-order valence-electron chi connectivity index (χ4n) is 2.61. The van der Waals surface area contributed by atoms with Gasteiger partial charge in [-0.1, -0.05) is 30.3 Å². The van der Waals surface area contributed by atoms with Gasteiger partial charge in [-0.05, 0) is 47.5 Å². The summed E-state index contributed by atoms with van der Waals surface area (Å²) in [6.45, 7) is 0.508. The highest BCUT2D eigenvalue weighted by atomic mass is 16.5. The van der Waals surface area contributed by atoms with E-state index in [1.165, 1.54) is 0 Å². The van der Waals surface area contributed by atoms with Gasteiger partial charge in [0.05, 0.1) is 12.5 Å². The minimum absolute atomic E-state index is 0.221. The molecular weight excluding hydrogens is 368 g/mol. The molecule has 7 nitrogen and oxygen atoms in total. The Morgan fingerprint density at radius 1 is 1.10 bits per heavy atom. The van der Waals surface area contributed by atoms with Crippen molar-refractivity contribution in [2.75, 3.05) is 0 Å². The zero-order chi connectivity index (χ0) is 19.9. The maximum Gasteiger partial charge on any atom is 0.291 e. The van der Waals surface area contributed by atoms with E-state index >= 15 is 0 Å². The molecule has 144 valence electrons. The zero-order valence-electron chi connectivity index (χ0n) is 15.4. The molecule has 0 atom stereocenters. The first kappa shape index (κ1) is 18.2. The van der Waals surface area contributed by atoms with Crippen LogP contribution in [0.25, 0.3) is 11.5 Å². The quantitative estimate of drug-likeness (QED) is 0.371. The van der Waals surface area contributed by atoms with Gasteiger partial charge in [0.25, 0.3) is 5.91 Å². The first-order valence-electron chi connectivity index (χ1n) is 8.97. The Morgan fingerprint density at radius 3 is 2.69 bits per heavy atom. The lowest BCUT2D eigenvalue weighted by molar-refractivity contribution is 0.0950. The van der Waals surface area contributed by atoms with Crippen LogP contribution in [0.5, 0.6) is 5.75 Å². The van der Waals surface area contributed by atoms with Gasteiger partial charge in [0.15, 0.2) is 11.5 Å². The second kappa shape index (κ2) is 8.71. The Hall–Kier alpha value is -4.13. The standard InChI is InChI=1S/C22H18N4O3/c27-22(20-13-19(24-25-20)21-7-4-12-28-21)26-23-14-16-8-10-18(11-9-16)29-15-17-5-2-1-3-6-17/h1-14H,15H2,(H,24,25)(H,26,27). The summed E-state index contributed by atoms with van der Waals surface area (Å²) < 4.78 is 11.0. The smallest absolute Gasteiger partial charge is 0.291 e. The van der Waals surface area contributed by atoms with Gasteiger partial charge in [0.2, 0.25) is 0 Å². The number of hydrogen-bond acceptors (Lipinski definition) is 5. The van der Waals surface area contributed by atoms with Crippen molar-refractivity contribution in [3.05, 3.63) is 95.9 Å². The van der Waals surface area contributed by atoms with E-state index in [0.717, 1.165) is 16.9 Å². The fraction of sp³-hybridized carbons (Fsp3) is 0.0455. The third-order valence-electron chi connectivity index (χ3n) is 4.11. The number of furan rings is 1. The number of carbonyl (C=O) groups excluding carboxylic acids is 1. The number of nitrogens with one attached hydrogen (secondary N) is 2. The summed E-state index contributed by atoms with van der Waals surface area (Å²) in [7, 11) is 0. The van der Waals surface area contributed by atoms with Crippen molar-refractivity contribution in [1.82, 2.24) is 15.6 Å². The first-order valence-corrected chi connectivity index (χ1v) is 8.97. The molecule has 0 saturated carbocycles. The van der Waals surface area contributed by atoms with Crippen molar-refractivity contribution < 1.29 is 13.9 Å². The normalized spacial score (nSPS) is 10.9. The number of H-pyrrole nitrogens is 1. The summed E-state index contributed by atoms with van der Waals surface area (Å²) in [5.74, 6) is 0.949. The van der Waals surface area contributed by atoms with Crippen molar-refractivity contribution in [3.63, 3.8) is 0 Å². The predicted molar refractivity (Wildman–Crippen MR) is 109 cm³/mol. The lowest BCUT2D eigenvalue weighted by atomic mass is 10.2. The lowest BCUT2D eigenvalue weighted by Crippen LogP contribution is -2.17. The van der Waals surface area contributed by atoms with Gasteiger partial charge in [-0.3, -0.25) is 9.89 Å². The molecule has 0 spiro atoms. The average molecular weight is 386 g/mol. The number of ether oxygens (including phenoxy) is 1. The summed E-state index contributed by atoms with van der Waals surface area (Å²) in [6.07, 6.45) is 3.11. The Balaban J connectivity index is 1.29. The lowest BCUT2D eigenvalue weighted by Gasteiger charge is -2.06. The summed E-state index contributed by atoms with van der Waals surface area (Å²) in [6, 6.07) is 22.5. The Labute approximate surface area is 167 Å². The van der Waals surface area contributed by atoms with Crippen molar-refractivity contribution >= 4 is 12.1 Å². The minimum Gasteiger partial charge on any atom is -0.489 e. The summed E-state index contributed by atoms with van der Waals surface area (Å²) in [5.41, 5.74) is 5.23. The van der Waals surface area contributed by atoms with Gasteiger partial charge < -0.3 is 9.15 Å². The first-order chi connectivity index (χ1) is 14.3. The number of carbonyl (C=O) groups is 1. The number of aromatic amines is 1. The highest BCUT2D eigenvalue weighted by Crippen LogP contribution is 2.17. The van der Waals surface area contributed by atoms with Crippen LogP contribution in [0.2, 0.25) is 0 Å². The van der Waals surface area contributed by atoms with E-state index in [1.54, 1.807) is 30.7 Å². The van der Waals surface area contributed by atoms with Crippen LogP contribution in [-0.2, 0) is 6.61 Å². The fourth-order valence-corrected chi connectivity index (χ4v) is 2.61. The largest absolute Gasteiger partial charge is 0.489 e. The Bertz CT molecular complexity index is 1080. The van der Waals surface area contributed by atoms with E-state index in [1.807, 2.05) is 54.6 Å². The summed E-state index contributed by atoms with van der Waals surface area (Å²) >= 11 is 0. The van der Waals surface area contributed by atoms with Gasteiger partial charge in [-0.25, -0.2) is 5.43 Å². The minimum atomic E-state index is -0.418.